The van der Waals surface area contributed by atoms with Gasteiger partial charge in [0.25, 0.3) is 0 Å². The normalized spacial score (nSPS) is 2.57. The molecule has 0 aromatic rings. The molecular weight excluding hydrogens is 98.0 g/mol. The van der Waals surface area contributed by atoms with Crippen LogP contribution in [0, 0.1) is 0 Å². The van der Waals surface area contributed by atoms with E-state index >= 15 is 0 Å². The van der Waals surface area contributed by atoms with Crippen molar-refractivity contribution in [1.29, 1.82) is 0 Å². The van der Waals surface area contributed by atoms with E-state index in [0.29, 0.717) is 0 Å². The summed E-state index contributed by atoms with van der Waals surface area (Å²) in [5.41, 5.74) is 0. The van der Waals surface area contributed by atoms with Gasteiger partial charge in [0, 0.05) is 0 Å². The minimum absolute atomic E-state index is 0. The van der Waals surface area contributed by atoms with Crippen molar-refractivity contribution in [2.75, 3.05) is 0 Å². The third-order valence-electron chi connectivity index (χ3n) is 0. The summed E-state index contributed by atoms with van der Waals surface area (Å²) in [5, 5.41) is 0. The lowest BCUT2D eigenvalue weighted by molar-refractivity contribution is 1.26. The van der Waals surface area contributed by atoms with Crippen LogP contribution < -0.4 is 41.2 Å². The Morgan fingerprint density at radius 3 is 0.429 bits per heavy atom. The third kappa shape index (κ3) is 1010. The molecule has 0 radical (unpaired) electrons. The van der Waals surface area contributed by atoms with E-state index in [-0.39, 0.29) is 6.15 Å². The minimum atomic E-state index is 0. The fraction of sp³-hybridized carbons (Fsp3) is 0. The Bertz CT molecular complexity index is 0. The highest BCUT2D eigenvalue weighted by molar-refractivity contribution is 3.27. The first-order valence-electron chi connectivity index (χ1n) is 1.00. The van der Waals surface area contributed by atoms with Crippen molar-refractivity contribution in [3.05, 3.63) is 0 Å². The number of nitrogens with two attached hydrogens (primary N) is 6. The van der Waals surface area contributed by atoms with Crippen LogP contribution in [0.5, 0.6) is 0 Å². The summed E-state index contributed by atoms with van der Waals surface area (Å²) in [6, 6.07) is 0. The minimum Gasteiger partial charge on any atom is -0.344 e. The molecule has 7 nitrogen and oxygen atoms in total. The van der Waals surface area contributed by atoms with Crippen molar-refractivity contribution in [1.82, 2.24) is 6.15 Å². The number of rotatable bonds is 0. The van der Waals surface area contributed by atoms with Gasteiger partial charge in [-0.15, -0.1) is 0 Å². The van der Waals surface area contributed by atoms with E-state index in [2.05, 4.69) is 35.1 Å². The molecule has 0 saturated carbocycles. The van der Waals surface area contributed by atoms with E-state index in [0.717, 1.165) is 0 Å². The number of hydrogen-bond donors (Lipinski definition) is 7. The van der Waals surface area contributed by atoms with Gasteiger partial charge in [-0.1, -0.05) is 0 Å². The molecule has 7 heavy (non-hydrogen) atoms. The molecule has 0 unspecified atom stereocenters. The highest BCUT2D eigenvalue weighted by atomic mass is 15.0. The molecular formula is H15N7. The van der Waals surface area contributed by atoms with Crippen LogP contribution in [0.1, 0.15) is 0 Å². The molecule has 0 saturated heterocycles. The molecule has 0 spiro atoms. The zero-order valence-electron chi connectivity index (χ0n) is 4.17. The zero-order valence-corrected chi connectivity index (χ0v) is 4.17. The largest absolute Gasteiger partial charge is 0.344 e. The Kier molecular flexibility index (Phi) is 6900. The van der Waals surface area contributed by atoms with Crippen molar-refractivity contribution in [2.45, 2.75) is 0 Å². The second kappa shape index (κ2) is 1630. The predicted molar refractivity (Wildman–Crippen MR) is 30.1 cm³/mol. The summed E-state index contributed by atoms with van der Waals surface area (Å²) >= 11 is 0. The van der Waals surface area contributed by atoms with Crippen molar-refractivity contribution in [3.63, 3.8) is 0 Å². The van der Waals surface area contributed by atoms with E-state index in [1.807, 2.05) is 0 Å². The molecule has 0 fully saturated rings. The Balaban J connectivity index is -0.00000000900. The van der Waals surface area contributed by atoms with Crippen LogP contribution in [0.4, 0.5) is 0 Å². The van der Waals surface area contributed by atoms with Crippen LogP contribution in [-0.2, 0) is 0 Å². The maximum atomic E-state index is 4.00. The third-order valence-corrected chi connectivity index (χ3v) is 0. The fourth-order valence-corrected chi connectivity index (χ4v) is 0. The maximum Gasteiger partial charge on any atom is -0.274 e. The Morgan fingerprint density at radius 2 is 0.429 bits per heavy atom. The molecule has 0 aromatic heterocycles. The molecule has 0 aliphatic carbocycles. The van der Waals surface area contributed by atoms with Gasteiger partial charge >= 0.3 is 0 Å². The Morgan fingerprint density at radius 1 is 0.429 bits per heavy atom. The first kappa shape index (κ1) is 29.7. The molecule has 0 amide bonds. The summed E-state index contributed by atoms with van der Waals surface area (Å²) in [7, 11) is 0. The van der Waals surface area contributed by atoms with E-state index in [1.54, 1.807) is 0 Å². The molecule has 0 heterocycles. The Hall–Kier alpha value is -0.280. The van der Waals surface area contributed by atoms with Crippen LogP contribution in [0.25, 0.3) is 0 Å². The summed E-state index contributed by atoms with van der Waals surface area (Å²) in [6.45, 7) is 0. The monoisotopic (exact) mass is 113 g/mol. The van der Waals surface area contributed by atoms with Gasteiger partial charge in [0.2, 0.25) is 0 Å². The molecule has 0 aromatic carbocycles. The standard InChI is InChI=1S/3H4N2.H3N/c3*1-2;/h3*1-2H2;1H3. The first-order chi connectivity index (χ1) is 3.00. The van der Waals surface area contributed by atoms with Gasteiger partial charge < -0.3 is 6.15 Å². The van der Waals surface area contributed by atoms with Crippen molar-refractivity contribution in [3.8, 4) is 0 Å². The summed E-state index contributed by atoms with van der Waals surface area (Å²) < 4.78 is 0. The second-order valence-electron chi connectivity index (χ2n) is 0. The smallest absolute Gasteiger partial charge is 0.274 e. The van der Waals surface area contributed by atoms with E-state index in [1.165, 1.54) is 0 Å². The molecule has 0 bridgehead atoms. The molecule has 0 aliphatic heterocycles. The van der Waals surface area contributed by atoms with Gasteiger partial charge in [0.1, 0.15) is 0 Å². The molecule has 0 atom stereocenters. The van der Waals surface area contributed by atoms with Gasteiger partial charge in [-0.2, -0.15) is 0 Å². The van der Waals surface area contributed by atoms with Crippen molar-refractivity contribution < 1.29 is 0 Å². The SMILES string of the molecule is N.NN.NN.NN. The van der Waals surface area contributed by atoms with Gasteiger partial charge in [-0.05, 0) is 0 Å². The highest BCUT2D eigenvalue weighted by Crippen LogP contribution is -0.0150. The second-order valence-corrected chi connectivity index (χ2v) is 0. The average Bonchev–Trinajstić information content (AvgIpc) is 1.81. The molecule has 15 N–H and O–H groups in total. The van der Waals surface area contributed by atoms with Crippen LogP contribution in [0.3, 0.4) is 0 Å². The zero-order chi connectivity index (χ0) is 6.00. The van der Waals surface area contributed by atoms with Gasteiger partial charge in [-0.25, -0.2) is 0 Å². The topological polar surface area (TPSA) is 191 Å². The lowest BCUT2D eigenvalue weighted by Crippen LogP contribution is -2.02. The quantitative estimate of drug-likeness (QED) is 0.126. The number of hydrazine groups is 3. The highest BCUT2D eigenvalue weighted by Gasteiger charge is 0.730. The summed E-state index contributed by atoms with van der Waals surface area (Å²) in [5.74, 6) is 24.0. The van der Waals surface area contributed by atoms with E-state index < -0.39 is 0 Å². The predicted octanol–water partition coefficient (Wildman–Crippen LogP) is -3.38. The van der Waals surface area contributed by atoms with Crippen LogP contribution >= 0.6 is 0 Å². The van der Waals surface area contributed by atoms with Gasteiger partial charge in [-0.3, -0.25) is 35.1 Å². The molecule has 0 aliphatic rings. The lowest BCUT2D eigenvalue weighted by Gasteiger charge is -1.27. The first-order valence-corrected chi connectivity index (χ1v) is 1.00. The van der Waals surface area contributed by atoms with Gasteiger partial charge in [0.15, 0.2) is 0 Å². The number of hydrogen-bond acceptors (Lipinski definition) is 7. The summed E-state index contributed by atoms with van der Waals surface area (Å²) in [4.78, 5) is 0. The fourth-order valence-electron chi connectivity index (χ4n) is 0. The van der Waals surface area contributed by atoms with Crippen LogP contribution in [0.2, 0.25) is 0 Å². The van der Waals surface area contributed by atoms with Crippen LogP contribution in [0.15, 0.2) is 0 Å². The maximum absolute atomic E-state index is 4.00. The van der Waals surface area contributed by atoms with Crippen molar-refractivity contribution in [2.24, 2.45) is 35.1 Å². The van der Waals surface area contributed by atoms with E-state index in [9.17, 15) is 0 Å². The molecule has 7 heteroatoms. The molecule has 50 valence electrons. The summed E-state index contributed by atoms with van der Waals surface area (Å²) in [6.07, 6.45) is 0. The van der Waals surface area contributed by atoms with Gasteiger partial charge in [0.05, 0.1) is 0 Å². The average molecular weight is 113 g/mol. The molecule has 0 rings (SSSR count). The lowest BCUT2D eigenvalue weighted by atomic mass is 13.0. The Labute approximate surface area is 42.5 Å². The van der Waals surface area contributed by atoms with E-state index in [4.69, 9.17) is 0 Å². The van der Waals surface area contributed by atoms with Crippen molar-refractivity contribution >= 4 is 0 Å². The van der Waals surface area contributed by atoms with Crippen LogP contribution in [-0.4, -0.2) is 0 Å².